The van der Waals surface area contributed by atoms with Crippen molar-refractivity contribution in [1.29, 1.82) is 0 Å². The molecule has 2 heteroatoms. The van der Waals surface area contributed by atoms with Crippen molar-refractivity contribution >= 4 is 0 Å². The van der Waals surface area contributed by atoms with Gasteiger partial charge < -0.3 is 9.80 Å². The van der Waals surface area contributed by atoms with Gasteiger partial charge in [-0.05, 0) is 25.7 Å². The lowest BCUT2D eigenvalue weighted by Gasteiger charge is -2.33. The first-order valence-electron chi connectivity index (χ1n) is 15.5. The molecular weight excluding hydrogens is 400 g/mol. The monoisotopic (exact) mass is 462 g/mol. The van der Waals surface area contributed by atoms with E-state index < -0.39 is 0 Å². The van der Waals surface area contributed by atoms with Gasteiger partial charge in [0, 0.05) is 25.5 Å². The van der Waals surface area contributed by atoms with Gasteiger partial charge in [-0.3, -0.25) is 0 Å². The molecule has 0 saturated heterocycles. The van der Waals surface area contributed by atoms with Crippen LogP contribution in [0.5, 0.6) is 0 Å². The van der Waals surface area contributed by atoms with E-state index in [1.165, 1.54) is 161 Å². The Kier molecular flexibility index (Phi) is 21.3. The largest absolute Gasteiger partial charge is 0.356 e. The predicted octanol–water partition coefficient (Wildman–Crippen LogP) is 10.4. The molecular formula is C31H62N2. The maximum atomic E-state index is 2.68. The summed E-state index contributed by atoms with van der Waals surface area (Å²) in [6.07, 6.45) is 38.0. The van der Waals surface area contributed by atoms with Crippen molar-refractivity contribution in [2.24, 2.45) is 0 Å². The molecule has 1 heterocycles. The molecule has 0 radical (unpaired) electrons. The maximum Gasteiger partial charge on any atom is 0.101 e. The van der Waals surface area contributed by atoms with Gasteiger partial charge >= 0.3 is 0 Å². The van der Waals surface area contributed by atoms with E-state index in [-0.39, 0.29) is 0 Å². The number of unbranched alkanes of at least 4 members (excludes halogenated alkanes) is 19. The minimum atomic E-state index is 0.644. The van der Waals surface area contributed by atoms with Crippen LogP contribution in [-0.4, -0.2) is 29.1 Å². The van der Waals surface area contributed by atoms with Crippen molar-refractivity contribution in [3.8, 4) is 0 Å². The first kappa shape index (κ1) is 30.4. The SMILES string of the molecule is CCCCCCCCCCCCCCN1C=CN(CCCCCCC)C1CCCCCCC. The van der Waals surface area contributed by atoms with Crippen LogP contribution in [0.25, 0.3) is 0 Å². The summed E-state index contributed by atoms with van der Waals surface area (Å²) in [5, 5.41) is 0. The lowest BCUT2D eigenvalue weighted by molar-refractivity contribution is 0.135. The van der Waals surface area contributed by atoms with Crippen LogP contribution in [0.3, 0.4) is 0 Å². The topological polar surface area (TPSA) is 6.48 Å². The second kappa shape index (κ2) is 23.1. The van der Waals surface area contributed by atoms with E-state index in [1.54, 1.807) is 0 Å². The third-order valence-corrected chi connectivity index (χ3v) is 7.57. The summed E-state index contributed by atoms with van der Waals surface area (Å²) in [4.78, 5) is 5.36. The van der Waals surface area contributed by atoms with Crippen molar-refractivity contribution in [1.82, 2.24) is 9.80 Å². The summed E-state index contributed by atoms with van der Waals surface area (Å²) >= 11 is 0. The number of hydrogen-bond acceptors (Lipinski definition) is 2. The molecule has 0 aromatic heterocycles. The van der Waals surface area contributed by atoms with Crippen LogP contribution < -0.4 is 0 Å². The van der Waals surface area contributed by atoms with Crippen LogP contribution >= 0.6 is 0 Å². The number of nitrogens with zero attached hydrogens (tertiary/aromatic N) is 2. The van der Waals surface area contributed by atoms with E-state index >= 15 is 0 Å². The molecule has 196 valence electrons. The average Bonchev–Trinajstić information content (AvgIpc) is 3.21. The highest BCUT2D eigenvalue weighted by Crippen LogP contribution is 2.23. The van der Waals surface area contributed by atoms with Crippen LogP contribution in [-0.2, 0) is 0 Å². The van der Waals surface area contributed by atoms with Crippen LogP contribution in [0.15, 0.2) is 12.4 Å². The van der Waals surface area contributed by atoms with Gasteiger partial charge in [0.25, 0.3) is 0 Å². The Bertz CT molecular complexity index is 419. The molecule has 0 aromatic rings. The minimum Gasteiger partial charge on any atom is -0.356 e. The summed E-state index contributed by atoms with van der Waals surface area (Å²) in [5.74, 6) is 0. The highest BCUT2D eigenvalue weighted by Gasteiger charge is 2.24. The molecule has 0 amide bonds. The normalized spacial score (nSPS) is 15.8. The molecule has 1 rings (SSSR count). The molecule has 1 aliphatic heterocycles. The smallest absolute Gasteiger partial charge is 0.101 e. The molecule has 0 aromatic carbocycles. The van der Waals surface area contributed by atoms with Crippen molar-refractivity contribution < 1.29 is 0 Å². The van der Waals surface area contributed by atoms with Crippen molar-refractivity contribution in [2.45, 2.75) is 175 Å². The van der Waals surface area contributed by atoms with E-state index in [2.05, 4.69) is 43.0 Å². The van der Waals surface area contributed by atoms with E-state index in [4.69, 9.17) is 0 Å². The van der Waals surface area contributed by atoms with Gasteiger partial charge in [-0.2, -0.15) is 0 Å². The first-order valence-corrected chi connectivity index (χ1v) is 15.5. The molecule has 0 fully saturated rings. The van der Waals surface area contributed by atoms with E-state index in [9.17, 15) is 0 Å². The zero-order valence-electron chi connectivity index (χ0n) is 23.3. The molecule has 2 nitrogen and oxygen atoms in total. The molecule has 1 aliphatic rings. The molecule has 1 unspecified atom stereocenters. The Labute approximate surface area is 210 Å². The molecule has 1 atom stereocenters. The molecule has 0 aliphatic carbocycles. The molecule has 0 spiro atoms. The molecule has 0 saturated carbocycles. The molecule has 0 bridgehead atoms. The summed E-state index contributed by atoms with van der Waals surface area (Å²) in [6.45, 7) is 9.46. The Morgan fingerprint density at radius 3 is 1.06 bits per heavy atom. The van der Waals surface area contributed by atoms with E-state index in [1.807, 2.05) is 0 Å². The predicted molar refractivity (Wildman–Crippen MR) is 150 cm³/mol. The summed E-state index contributed by atoms with van der Waals surface area (Å²) in [6, 6.07) is 0. The van der Waals surface area contributed by atoms with Crippen molar-refractivity contribution in [2.75, 3.05) is 13.1 Å². The van der Waals surface area contributed by atoms with Gasteiger partial charge in [0.05, 0.1) is 0 Å². The van der Waals surface area contributed by atoms with E-state index in [0.29, 0.717) is 6.17 Å². The minimum absolute atomic E-state index is 0.644. The summed E-state index contributed by atoms with van der Waals surface area (Å²) < 4.78 is 0. The fourth-order valence-electron chi connectivity index (χ4n) is 5.30. The standard InChI is InChI=1S/C31H62N2/c1-4-7-10-13-14-15-16-17-18-19-22-25-28-33-30-29-32(27-24-21-12-9-6-3)31(33)26-23-20-11-8-5-2/h29-31H,4-28H2,1-3H3. The van der Waals surface area contributed by atoms with Crippen molar-refractivity contribution in [3.05, 3.63) is 12.4 Å². The van der Waals surface area contributed by atoms with Crippen LogP contribution in [0, 0.1) is 0 Å². The maximum absolute atomic E-state index is 2.68. The average molecular weight is 463 g/mol. The highest BCUT2D eigenvalue weighted by molar-refractivity contribution is 4.97. The Morgan fingerprint density at radius 2 is 0.697 bits per heavy atom. The lowest BCUT2D eigenvalue weighted by Crippen LogP contribution is -2.39. The zero-order chi connectivity index (χ0) is 23.8. The van der Waals surface area contributed by atoms with Gasteiger partial charge in [-0.25, -0.2) is 0 Å². The van der Waals surface area contributed by atoms with Crippen LogP contribution in [0.4, 0.5) is 0 Å². The fraction of sp³-hybridized carbons (Fsp3) is 0.935. The van der Waals surface area contributed by atoms with E-state index in [0.717, 1.165) is 0 Å². The van der Waals surface area contributed by atoms with Crippen molar-refractivity contribution in [3.63, 3.8) is 0 Å². The third kappa shape index (κ3) is 16.6. The second-order valence-electron chi connectivity index (χ2n) is 10.8. The summed E-state index contributed by atoms with van der Waals surface area (Å²) in [5.41, 5.74) is 0. The van der Waals surface area contributed by atoms with Gasteiger partial charge in [0.2, 0.25) is 0 Å². The van der Waals surface area contributed by atoms with Gasteiger partial charge in [0.15, 0.2) is 0 Å². The third-order valence-electron chi connectivity index (χ3n) is 7.57. The second-order valence-corrected chi connectivity index (χ2v) is 10.8. The van der Waals surface area contributed by atoms with Crippen LogP contribution in [0.2, 0.25) is 0 Å². The quantitative estimate of drug-likeness (QED) is 0.124. The number of hydrogen-bond donors (Lipinski definition) is 0. The molecule has 33 heavy (non-hydrogen) atoms. The van der Waals surface area contributed by atoms with Gasteiger partial charge in [-0.15, -0.1) is 0 Å². The Hall–Kier alpha value is -0.660. The van der Waals surface area contributed by atoms with Gasteiger partial charge in [-0.1, -0.05) is 143 Å². The Balaban J connectivity index is 2.17. The first-order chi connectivity index (χ1) is 16.3. The number of rotatable bonds is 25. The highest BCUT2D eigenvalue weighted by atomic mass is 15.4. The van der Waals surface area contributed by atoms with Crippen LogP contribution in [0.1, 0.15) is 168 Å². The fourth-order valence-corrected chi connectivity index (χ4v) is 5.30. The van der Waals surface area contributed by atoms with Gasteiger partial charge in [0.1, 0.15) is 6.17 Å². The molecule has 0 N–H and O–H groups in total. The Morgan fingerprint density at radius 1 is 0.394 bits per heavy atom. The summed E-state index contributed by atoms with van der Waals surface area (Å²) in [7, 11) is 0. The zero-order valence-corrected chi connectivity index (χ0v) is 23.3. The lowest BCUT2D eigenvalue weighted by atomic mass is 10.0.